The molecule has 0 atom stereocenters. The number of likely N-dealkylation sites (tertiary alicyclic amines) is 2. The van der Waals surface area contributed by atoms with Gasteiger partial charge in [-0.25, -0.2) is 0 Å². The molecule has 1 aliphatic carbocycles. The van der Waals surface area contributed by atoms with E-state index in [1.54, 1.807) is 5.57 Å². The molecule has 0 bridgehead atoms. The summed E-state index contributed by atoms with van der Waals surface area (Å²) in [4.78, 5) is 22.5. The van der Waals surface area contributed by atoms with Crippen LogP contribution in [0.2, 0.25) is 0 Å². The number of hydrogen-bond acceptors (Lipinski definition) is 4. The van der Waals surface area contributed by atoms with Gasteiger partial charge in [0.05, 0.1) is 5.69 Å². The van der Waals surface area contributed by atoms with Crippen LogP contribution in [-0.4, -0.2) is 59.5 Å². The first-order chi connectivity index (χ1) is 15.2. The van der Waals surface area contributed by atoms with Crippen molar-refractivity contribution in [1.82, 2.24) is 20.1 Å². The summed E-state index contributed by atoms with van der Waals surface area (Å²) in [6, 6.07) is 7.00. The fourth-order valence-electron chi connectivity index (χ4n) is 5.51. The van der Waals surface area contributed by atoms with Crippen LogP contribution in [0.15, 0.2) is 29.8 Å². The number of pyridine rings is 1. The van der Waals surface area contributed by atoms with Gasteiger partial charge < -0.3 is 10.2 Å². The van der Waals surface area contributed by atoms with Gasteiger partial charge in [-0.3, -0.25) is 14.7 Å². The highest BCUT2D eigenvalue weighted by Crippen LogP contribution is 2.25. The first kappa shape index (κ1) is 22.5. The molecule has 5 heteroatoms. The van der Waals surface area contributed by atoms with Gasteiger partial charge in [-0.2, -0.15) is 0 Å². The number of aromatic nitrogens is 1. The number of nitrogens with one attached hydrogen (secondary N) is 1. The Morgan fingerprint density at radius 3 is 2.61 bits per heavy atom. The topological polar surface area (TPSA) is 48.5 Å². The molecule has 170 valence electrons. The maximum absolute atomic E-state index is 12.6. The molecule has 0 saturated carbocycles. The first-order valence-electron chi connectivity index (χ1n) is 12.5. The van der Waals surface area contributed by atoms with Crippen molar-refractivity contribution in [3.63, 3.8) is 0 Å². The fourth-order valence-corrected chi connectivity index (χ4v) is 5.51. The lowest BCUT2D eigenvalue weighted by Gasteiger charge is -2.41. The summed E-state index contributed by atoms with van der Waals surface area (Å²) in [5, 5.41) is 3.22. The van der Waals surface area contributed by atoms with E-state index < -0.39 is 0 Å². The summed E-state index contributed by atoms with van der Waals surface area (Å²) in [5.74, 6) is 0.501. The summed E-state index contributed by atoms with van der Waals surface area (Å²) in [6.45, 7) is 8.30. The average molecular weight is 425 g/mol. The maximum Gasteiger partial charge on any atom is 0.223 e. The van der Waals surface area contributed by atoms with Crippen LogP contribution in [0.3, 0.4) is 0 Å². The standard InChI is InChI=1S/C26H40N4O/c1-21-6-5-9-24(28-21)20-29-16-13-25(14-17-29)30-18-11-23(12-19-30)26(31)27-15-10-22-7-3-2-4-8-22/h5-7,9,23,25H,2-4,8,10-20H2,1H3,(H,27,31). The molecular weight excluding hydrogens is 384 g/mol. The Balaban J connectivity index is 1.13. The van der Waals surface area contributed by atoms with Crippen LogP contribution in [0.5, 0.6) is 0 Å². The van der Waals surface area contributed by atoms with Crippen LogP contribution in [0.4, 0.5) is 0 Å². The molecule has 0 aromatic carbocycles. The van der Waals surface area contributed by atoms with Crippen molar-refractivity contribution >= 4 is 5.91 Å². The molecule has 31 heavy (non-hydrogen) atoms. The van der Waals surface area contributed by atoms with Gasteiger partial charge in [0.2, 0.25) is 5.91 Å². The third kappa shape index (κ3) is 6.63. The van der Waals surface area contributed by atoms with Gasteiger partial charge in [-0.15, -0.1) is 0 Å². The Morgan fingerprint density at radius 1 is 1.10 bits per heavy atom. The molecule has 1 N–H and O–H groups in total. The van der Waals surface area contributed by atoms with E-state index in [0.717, 1.165) is 64.2 Å². The third-order valence-corrected chi connectivity index (χ3v) is 7.44. The molecule has 5 nitrogen and oxygen atoms in total. The van der Waals surface area contributed by atoms with Crippen molar-refractivity contribution in [3.8, 4) is 0 Å². The molecule has 0 spiro atoms. The van der Waals surface area contributed by atoms with Gasteiger partial charge in [-0.05, 0) is 89.9 Å². The van der Waals surface area contributed by atoms with Gasteiger partial charge in [0, 0.05) is 43.8 Å². The van der Waals surface area contributed by atoms with E-state index in [-0.39, 0.29) is 11.8 Å². The summed E-state index contributed by atoms with van der Waals surface area (Å²) < 4.78 is 0. The van der Waals surface area contributed by atoms with Crippen molar-refractivity contribution in [2.75, 3.05) is 32.7 Å². The van der Waals surface area contributed by atoms with Crippen molar-refractivity contribution in [2.45, 2.75) is 77.3 Å². The fraction of sp³-hybridized carbons (Fsp3) is 0.692. The number of piperidine rings is 2. The lowest BCUT2D eigenvalue weighted by Crippen LogP contribution is -2.49. The van der Waals surface area contributed by atoms with Crippen molar-refractivity contribution in [3.05, 3.63) is 41.2 Å². The van der Waals surface area contributed by atoms with Crippen LogP contribution in [0.25, 0.3) is 0 Å². The van der Waals surface area contributed by atoms with E-state index in [2.05, 4.69) is 51.3 Å². The molecule has 2 aliphatic heterocycles. The second-order valence-corrected chi connectivity index (χ2v) is 9.74. The molecule has 2 fully saturated rings. The second kappa shape index (κ2) is 11.2. The van der Waals surface area contributed by atoms with Crippen LogP contribution in [0, 0.1) is 12.8 Å². The lowest BCUT2D eigenvalue weighted by atomic mass is 9.92. The van der Waals surface area contributed by atoms with Crippen molar-refractivity contribution in [1.29, 1.82) is 0 Å². The van der Waals surface area contributed by atoms with Crippen LogP contribution in [-0.2, 0) is 11.3 Å². The zero-order valence-corrected chi connectivity index (χ0v) is 19.3. The minimum atomic E-state index is 0.212. The molecule has 0 radical (unpaired) electrons. The predicted molar refractivity (Wildman–Crippen MR) is 126 cm³/mol. The summed E-state index contributed by atoms with van der Waals surface area (Å²) in [7, 11) is 0. The number of carbonyl (C=O) groups excluding carboxylic acids is 1. The molecule has 1 amide bonds. The highest BCUT2D eigenvalue weighted by Gasteiger charge is 2.30. The van der Waals surface area contributed by atoms with E-state index in [4.69, 9.17) is 0 Å². The smallest absolute Gasteiger partial charge is 0.223 e. The number of rotatable bonds is 7. The summed E-state index contributed by atoms with van der Waals surface area (Å²) >= 11 is 0. The average Bonchev–Trinajstić information content (AvgIpc) is 2.80. The normalized spacial score (nSPS) is 22.3. The second-order valence-electron chi connectivity index (χ2n) is 9.74. The van der Waals surface area contributed by atoms with E-state index in [1.807, 2.05) is 0 Å². The van der Waals surface area contributed by atoms with Crippen LogP contribution in [0.1, 0.15) is 69.2 Å². The Bertz CT molecular complexity index is 746. The van der Waals surface area contributed by atoms with E-state index in [0.29, 0.717) is 6.04 Å². The van der Waals surface area contributed by atoms with E-state index in [1.165, 1.54) is 44.2 Å². The molecule has 1 aromatic heterocycles. The number of hydrogen-bond donors (Lipinski definition) is 1. The van der Waals surface area contributed by atoms with Gasteiger partial charge >= 0.3 is 0 Å². The molecule has 3 heterocycles. The predicted octanol–water partition coefficient (Wildman–Crippen LogP) is 4.07. The minimum Gasteiger partial charge on any atom is -0.356 e. The monoisotopic (exact) mass is 424 g/mol. The minimum absolute atomic E-state index is 0.212. The Morgan fingerprint density at radius 2 is 1.90 bits per heavy atom. The SMILES string of the molecule is Cc1cccc(CN2CCC(N3CCC(C(=O)NCCC4=CCCCC4)CC3)CC2)n1. The molecule has 1 aromatic rings. The maximum atomic E-state index is 12.6. The summed E-state index contributed by atoms with van der Waals surface area (Å²) in [6.07, 6.45) is 13.0. The van der Waals surface area contributed by atoms with Gasteiger partial charge in [-0.1, -0.05) is 17.7 Å². The zero-order chi connectivity index (χ0) is 21.5. The number of carbonyl (C=O) groups is 1. The first-order valence-corrected chi connectivity index (χ1v) is 12.5. The molecule has 2 saturated heterocycles. The van der Waals surface area contributed by atoms with Gasteiger partial charge in [0.25, 0.3) is 0 Å². The molecule has 4 rings (SSSR count). The van der Waals surface area contributed by atoms with Crippen molar-refractivity contribution in [2.24, 2.45) is 5.92 Å². The van der Waals surface area contributed by atoms with E-state index in [9.17, 15) is 4.79 Å². The molecule has 0 unspecified atom stereocenters. The zero-order valence-electron chi connectivity index (χ0n) is 19.3. The van der Waals surface area contributed by atoms with Gasteiger partial charge in [0.1, 0.15) is 0 Å². The third-order valence-electron chi connectivity index (χ3n) is 7.44. The highest BCUT2D eigenvalue weighted by molar-refractivity contribution is 5.78. The Hall–Kier alpha value is -1.72. The van der Waals surface area contributed by atoms with Crippen molar-refractivity contribution < 1.29 is 4.79 Å². The number of aryl methyl sites for hydroxylation is 1. The summed E-state index contributed by atoms with van der Waals surface area (Å²) in [5.41, 5.74) is 3.83. The quantitative estimate of drug-likeness (QED) is 0.670. The van der Waals surface area contributed by atoms with Crippen LogP contribution >= 0.6 is 0 Å². The Kier molecular flexibility index (Phi) is 8.15. The molecule has 3 aliphatic rings. The number of amides is 1. The Labute approximate surface area is 188 Å². The highest BCUT2D eigenvalue weighted by atomic mass is 16.1. The largest absolute Gasteiger partial charge is 0.356 e. The number of nitrogens with zero attached hydrogens (tertiary/aromatic N) is 3. The van der Waals surface area contributed by atoms with Gasteiger partial charge in [0.15, 0.2) is 0 Å². The van der Waals surface area contributed by atoms with Crippen LogP contribution < -0.4 is 5.32 Å². The molecular formula is C26H40N4O. The van der Waals surface area contributed by atoms with E-state index >= 15 is 0 Å². The lowest BCUT2D eigenvalue weighted by molar-refractivity contribution is -0.126. The number of allylic oxidation sites excluding steroid dienone is 1.